The van der Waals surface area contributed by atoms with Crippen molar-refractivity contribution in [2.75, 3.05) is 0 Å². The lowest BCUT2D eigenvalue weighted by Gasteiger charge is -2.34. The standard InChI is InChI=1S/C38H34N2/c1-4-38(30(3)18-14-17-29(2)31-19-8-5-9-20-31,36-27-15-25-34(39-36)32-21-10-6-11-22-32)37-28-16-26-35(40-37)33-23-12-7-13-24-33/h5-28H,2,4H2,1,3H3/b17-14-,30-18+. The number of aromatic nitrogens is 2. The summed E-state index contributed by atoms with van der Waals surface area (Å²) in [5.74, 6) is 0. The summed E-state index contributed by atoms with van der Waals surface area (Å²) in [6.45, 7) is 8.68. The van der Waals surface area contributed by atoms with Crippen LogP contribution in [0.5, 0.6) is 0 Å². The first kappa shape index (κ1) is 26.8. The summed E-state index contributed by atoms with van der Waals surface area (Å²) in [5, 5.41) is 0. The van der Waals surface area contributed by atoms with Crippen molar-refractivity contribution in [1.82, 2.24) is 9.97 Å². The van der Waals surface area contributed by atoms with Crippen molar-refractivity contribution in [2.24, 2.45) is 0 Å². The SMILES string of the molecule is C=C(/C=C\C=C(/C)C(CC)(c1cccc(-c2ccccc2)n1)c1cccc(-c2ccccc2)n1)c1ccccc1. The Bertz CT molecular complexity index is 1550. The summed E-state index contributed by atoms with van der Waals surface area (Å²) < 4.78 is 0. The molecule has 0 bridgehead atoms. The maximum absolute atomic E-state index is 5.25. The zero-order valence-corrected chi connectivity index (χ0v) is 23.2. The Morgan fingerprint density at radius 3 is 1.60 bits per heavy atom. The van der Waals surface area contributed by atoms with Gasteiger partial charge in [0.2, 0.25) is 0 Å². The van der Waals surface area contributed by atoms with Crippen LogP contribution in [0.15, 0.2) is 158 Å². The van der Waals surface area contributed by atoms with Crippen LogP contribution in [0.4, 0.5) is 0 Å². The van der Waals surface area contributed by atoms with Crippen molar-refractivity contribution < 1.29 is 0 Å². The molecule has 0 unspecified atom stereocenters. The molecule has 5 rings (SSSR count). The number of hydrogen-bond acceptors (Lipinski definition) is 2. The van der Waals surface area contributed by atoms with Crippen LogP contribution in [0, 0.1) is 0 Å². The molecule has 0 amide bonds. The first-order valence-electron chi connectivity index (χ1n) is 13.8. The van der Waals surface area contributed by atoms with E-state index in [2.05, 4.69) is 136 Å². The third kappa shape index (κ3) is 5.62. The third-order valence-electron chi connectivity index (χ3n) is 7.50. The normalized spacial score (nSPS) is 12.0. The molecule has 5 aromatic rings. The van der Waals surface area contributed by atoms with Crippen molar-refractivity contribution in [3.8, 4) is 22.5 Å². The van der Waals surface area contributed by atoms with Crippen molar-refractivity contribution >= 4 is 5.57 Å². The average molecular weight is 519 g/mol. The minimum atomic E-state index is -0.520. The van der Waals surface area contributed by atoms with Crippen LogP contribution in [0.2, 0.25) is 0 Å². The topological polar surface area (TPSA) is 25.8 Å². The highest BCUT2D eigenvalue weighted by molar-refractivity contribution is 5.72. The van der Waals surface area contributed by atoms with Crippen molar-refractivity contribution in [1.29, 1.82) is 0 Å². The predicted molar refractivity (Wildman–Crippen MR) is 169 cm³/mol. The molecular formula is C38H34N2. The van der Waals surface area contributed by atoms with Crippen molar-refractivity contribution in [3.63, 3.8) is 0 Å². The van der Waals surface area contributed by atoms with Gasteiger partial charge in [0.1, 0.15) is 0 Å². The van der Waals surface area contributed by atoms with Gasteiger partial charge in [0.05, 0.1) is 28.2 Å². The van der Waals surface area contributed by atoms with E-state index in [0.29, 0.717) is 0 Å². The lowest BCUT2D eigenvalue weighted by Crippen LogP contribution is -2.31. The van der Waals surface area contributed by atoms with Crippen molar-refractivity contribution in [3.05, 3.63) is 175 Å². The van der Waals surface area contributed by atoms with Crippen molar-refractivity contribution in [2.45, 2.75) is 25.7 Å². The van der Waals surface area contributed by atoms with Crippen LogP contribution in [0.3, 0.4) is 0 Å². The fourth-order valence-electron chi connectivity index (χ4n) is 5.26. The number of pyridine rings is 2. The molecule has 0 fully saturated rings. The van der Waals surface area contributed by atoms with Gasteiger partial charge in [0.25, 0.3) is 0 Å². The second-order valence-corrected chi connectivity index (χ2v) is 9.91. The van der Waals surface area contributed by atoms with Crippen LogP contribution >= 0.6 is 0 Å². The lowest BCUT2D eigenvalue weighted by molar-refractivity contribution is 0.546. The van der Waals surface area contributed by atoms with Gasteiger partial charge in [-0.3, -0.25) is 9.97 Å². The molecule has 196 valence electrons. The van der Waals surface area contributed by atoms with Gasteiger partial charge in [-0.05, 0) is 48.7 Å². The minimum absolute atomic E-state index is 0.520. The molecular weight excluding hydrogens is 484 g/mol. The molecule has 0 aliphatic heterocycles. The van der Waals surface area contributed by atoms with Crippen LogP contribution < -0.4 is 0 Å². The second-order valence-electron chi connectivity index (χ2n) is 9.91. The van der Waals surface area contributed by atoms with E-state index in [9.17, 15) is 0 Å². The molecule has 0 N–H and O–H groups in total. The van der Waals surface area contributed by atoms with E-state index in [-0.39, 0.29) is 0 Å². The van der Waals surface area contributed by atoms with E-state index in [4.69, 9.17) is 9.97 Å². The molecule has 2 aromatic heterocycles. The molecule has 0 spiro atoms. The van der Waals surface area contributed by atoms with E-state index in [1.54, 1.807) is 0 Å². The molecule has 2 heteroatoms. The quantitative estimate of drug-likeness (QED) is 0.182. The van der Waals surface area contributed by atoms with E-state index in [1.807, 2.05) is 30.3 Å². The van der Waals surface area contributed by atoms with E-state index < -0.39 is 5.41 Å². The Kier molecular flexibility index (Phi) is 8.27. The molecule has 0 atom stereocenters. The molecule has 3 aromatic carbocycles. The summed E-state index contributed by atoms with van der Waals surface area (Å²) >= 11 is 0. The number of benzene rings is 3. The summed E-state index contributed by atoms with van der Waals surface area (Å²) in [6.07, 6.45) is 7.16. The number of allylic oxidation sites excluding steroid dienone is 5. The van der Waals surface area contributed by atoms with Crippen LogP contribution in [-0.4, -0.2) is 9.97 Å². The zero-order chi connectivity index (χ0) is 27.8. The van der Waals surface area contributed by atoms with E-state index >= 15 is 0 Å². The second kappa shape index (κ2) is 12.4. The maximum Gasteiger partial charge on any atom is 0.0754 e. The van der Waals surface area contributed by atoms with Gasteiger partial charge in [-0.15, -0.1) is 0 Å². The Labute approximate surface area is 238 Å². The smallest absolute Gasteiger partial charge is 0.0754 e. The summed E-state index contributed by atoms with van der Waals surface area (Å²) in [6, 6.07) is 43.6. The highest BCUT2D eigenvalue weighted by Crippen LogP contribution is 2.41. The lowest BCUT2D eigenvalue weighted by atomic mass is 9.71. The molecule has 0 saturated heterocycles. The molecule has 0 aliphatic carbocycles. The molecule has 0 saturated carbocycles. The van der Waals surface area contributed by atoms with Gasteiger partial charge in [-0.2, -0.15) is 0 Å². The summed E-state index contributed by atoms with van der Waals surface area (Å²) in [4.78, 5) is 10.5. The van der Waals surface area contributed by atoms with Gasteiger partial charge < -0.3 is 0 Å². The maximum atomic E-state index is 5.25. The molecule has 0 aliphatic rings. The monoisotopic (exact) mass is 518 g/mol. The molecule has 2 heterocycles. The summed E-state index contributed by atoms with van der Waals surface area (Å²) in [5.41, 5.74) is 8.81. The fraction of sp³-hybridized carbons (Fsp3) is 0.105. The van der Waals surface area contributed by atoms with Gasteiger partial charge in [0, 0.05) is 11.1 Å². The number of rotatable bonds is 9. The summed E-state index contributed by atoms with van der Waals surface area (Å²) in [7, 11) is 0. The molecule has 2 nitrogen and oxygen atoms in total. The average Bonchev–Trinajstić information content (AvgIpc) is 3.03. The van der Waals surface area contributed by atoms with Crippen LogP contribution in [-0.2, 0) is 5.41 Å². The van der Waals surface area contributed by atoms with Gasteiger partial charge in [-0.25, -0.2) is 0 Å². The fourth-order valence-corrected chi connectivity index (χ4v) is 5.26. The van der Waals surface area contributed by atoms with Gasteiger partial charge in [0.15, 0.2) is 0 Å². The van der Waals surface area contributed by atoms with Crippen LogP contribution in [0.25, 0.3) is 28.1 Å². The largest absolute Gasteiger partial charge is 0.251 e. The Morgan fingerprint density at radius 2 is 1.12 bits per heavy atom. The van der Waals surface area contributed by atoms with Gasteiger partial charge in [-0.1, -0.05) is 140 Å². The van der Waals surface area contributed by atoms with E-state index in [1.165, 1.54) is 5.57 Å². The van der Waals surface area contributed by atoms with Crippen LogP contribution in [0.1, 0.15) is 37.2 Å². The zero-order valence-electron chi connectivity index (χ0n) is 23.2. The molecule has 0 radical (unpaired) electrons. The van der Waals surface area contributed by atoms with Gasteiger partial charge >= 0.3 is 0 Å². The molecule has 40 heavy (non-hydrogen) atoms. The Morgan fingerprint density at radius 1 is 0.650 bits per heavy atom. The highest BCUT2D eigenvalue weighted by atomic mass is 14.8. The predicted octanol–water partition coefficient (Wildman–Crippen LogP) is 9.72. The van der Waals surface area contributed by atoms with E-state index in [0.717, 1.165) is 51.5 Å². The number of hydrogen-bond donors (Lipinski definition) is 0. The first-order chi connectivity index (χ1) is 19.6. The minimum Gasteiger partial charge on any atom is -0.251 e. The number of nitrogens with zero attached hydrogens (tertiary/aromatic N) is 2. The Hall–Kier alpha value is -4.82. The third-order valence-corrected chi connectivity index (χ3v) is 7.50. The highest BCUT2D eigenvalue weighted by Gasteiger charge is 2.37. The first-order valence-corrected chi connectivity index (χ1v) is 13.8. The Balaban J connectivity index is 1.63.